The number of halogens is 1. The third kappa shape index (κ3) is 3.08. The number of amides is 1. The van der Waals surface area contributed by atoms with Gasteiger partial charge in [-0.2, -0.15) is 0 Å². The number of hydrogen-bond acceptors (Lipinski definition) is 5. The summed E-state index contributed by atoms with van der Waals surface area (Å²) in [7, 11) is 0. The summed E-state index contributed by atoms with van der Waals surface area (Å²) in [6.07, 6.45) is 5.20. The molecular weight excluding hydrogens is 348 g/mol. The van der Waals surface area contributed by atoms with Gasteiger partial charge in [0.25, 0.3) is 5.91 Å². The molecule has 0 atom stereocenters. The van der Waals surface area contributed by atoms with E-state index in [-0.39, 0.29) is 5.91 Å². The Kier molecular flexibility index (Phi) is 4.33. The maximum atomic E-state index is 12.6. The Morgan fingerprint density at radius 2 is 2.00 bits per heavy atom. The quantitative estimate of drug-likeness (QED) is 0.871. The van der Waals surface area contributed by atoms with Gasteiger partial charge in [0.2, 0.25) is 0 Å². The Bertz CT molecular complexity index is 767. The highest BCUT2D eigenvalue weighted by molar-refractivity contribution is 7.15. The summed E-state index contributed by atoms with van der Waals surface area (Å²) in [6, 6.07) is 3.29. The Hall–Kier alpha value is -1.79. The van der Waals surface area contributed by atoms with Gasteiger partial charge >= 0.3 is 0 Å². The van der Waals surface area contributed by atoms with E-state index in [1.54, 1.807) is 23.5 Å². The fraction of sp³-hybridized carbons (Fsp3) is 0.412. The van der Waals surface area contributed by atoms with E-state index in [0.717, 1.165) is 25.0 Å². The van der Waals surface area contributed by atoms with Gasteiger partial charge in [-0.3, -0.25) is 10.1 Å². The number of carbonyl (C=O) groups excluding carboxylic acids is 1. The summed E-state index contributed by atoms with van der Waals surface area (Å²) in [5.74, 6) is 0.789. The van der Waals surface area contributed by atoms with Gasteiger partial charge in [0.05, 0.1) is 23.9 Å². The Balaban J connectivity index is 1.57. The van der Waals surface area contributed by atoms with Crippen LogP contribution in [0.2, 0.25) is 5.02 Å². The molecule has 0 bridgehead atoms. The van der Waals surface area contributed by atoms with Crippen LogP contribution in [0, 0.1) is 0 Å². The van der Waals surface area contributed by atoms with Crippen LogP contribution < -0.4 is 14.8 Å². The van der Waals surface area contributed by atoms with Gasteiger partial charge < -0.3 is 9.47 Å². The van der Waals surface area contributed by atoms with Crippen LogP contribution in [0.25, 0.3) is 0 Å². The highest BCUT2D eigenvalue weighted by Crippen LogP contribution is 2.38. The van der Waals surface area contributed by atoms with E-state index in [1.165, 1.54) is 17.7 Å². The molecule has 2 aliphatic rings. The van der Waals surface area contributed by atoms with Crippen molar-refractivity contribution in [3.63, 3.8) is 0 Å². The highest BCUT2D eigenvalue weighted by Gasteiger charge is 2.20. The number of nitrogens with zero attached hydrogens (tertiary/aromatic N) is 1. The predicted molar refractivity (Wildman–Crippen MR) is 93.8 cm³/mol. The minimum absolute atomic E-state index is 0.237. The Morgan fingerprint density at radius 1 is 1.17 bits per heavy atom. The first kappa shape index (κ1) is 15.7. The smallest absolute Gasteiger partial charge is 0.257 e. The van der Waals surface area contributed by atoms with Gasteiger partial charge in [-0.05, 0) is 37.8 Å². The summed E-state index contributed by atoms with van der Waals surface area (Å²) < 4.78 is 11.2. The topological polar surface area (TPSA) is 60.5 Å². The maximum absolute atomic E-state index is 12.6. The summed E-state index contributed by atoms with van der Waals surface area (Å²) >= 11 is 7.81. The molecule has 0 fully saturated rings. The molecule has 2 aromatic rings. The molecule has 1 aromatic carbocycles. The average Bonchev–Trinajstić information content (AvgIpc) is 2.82. The van der Waals surface area contributed by atoms with Crippen LogP contribution in [0.15, 0.2) is 12.1 Å². The first-order valence-electron chi connectivity index (χ1n) is 8.10. The lowest BCUT2D eigenvalue weighted by molar-refractivity contribution is 0.102. The van der Waals surface area contributed by atoms with Crippen LogP contribution >= 0.6 is 22.9 Å². The summed E-state index contributed by atoms with van der Waals surface area (Å²) in [5.41, 5.74) is 1.57. The molecule has 4 rings (SSSR count). The SMILES string of the molecule is O=C(Nc1nc2c(s1)CCCC2)c1cc(Cl)c2c(c1)OCCCO2. The lowest BCUT2D eigenvalue weighted by atomic mass is 10.0. The number of carbonyl (C=O) groups is 1. The van der Waals surface area contributed by atoms with Crippen LogP contribution in [0.3, 0.4) is 0 Å². The van der Waals surface area contributed by atoms with Crippen molar-refractivity contribution in [3.8, 4) is 11.5 Å². The van der Waals surface area contributed by atoms with Crippen LogP contribution in [0.4, 0.5) is 5.13 Å². The monoisotopic (exact) mass is 364 g/mol. The zero-order valence-electron chi connectivity index (χ0n) is 13.1. The molecule has 24 heavy (non-hydrogen) atoms. The number of rotatable bonds is 2. The molecule has 7 heteroatoms. The normalized spacial score (nSPS) is 16.2. The van der Waals surface area contributed by atoms with Gasteiger partial charge in [0.1, 0.15) is 0 Å². The van der Waals surface area contributed by atoms with E-state index in [2.05, 4.69) is 10.3 Å². The van der Waals surface area contributed by atoms with Gasteiger partial charge in [-0.1, -0.05) is 11.6 Å². The van der Waals surface area contributed by atoms with E-state index in [4.69, 9.17) is 21.1 Å². The molecule has 126 valence electrons. The minimum Gasteiger partial charge on any atom is -0.489 e. The van der Waals surface area contributed by atoms with Crippen molar-refractivity contribution in [2.75, 3.05) is 18.5 Å². The number of thiazole rings is 1. The average molecular weight is 365 g/mol. The summed E-state index contributed by atoms with van der Waals surface area (Å²) in [5, 5.41) is 3.91. The zero-order valence-corrected chi connectivity index (χ0v) is 14.6. The third-order valence-electron chi connectivity index (χ3n) is 4.13. The first-order chi connectivity index (χ1) is 11.7. The molecule has 1 aromatic heterocycles. The molecular formula is C17H17ClN2O3S. The largest absolute Gasteiger partial charge is 0.489 e. The van der Waals surface area contributed by atoms with Crippen LogP contribution in [0.1, 0.15) is 40.2 Å². The molecule has 5 nitrogen and oxygen atoms in total. The number of aromatic nitrogens is 1. The molecule has 1 amide bonds. The van der Waals surface area contributed by atoms with E-state index in [0.29, 0.717) is 40.4 Å². The first-order valence-corrected chi connectivity index (χ1v) is 9.29. The molecule has 2 heterocycles. The molecule has 1 aliphatic heterocycles. The standard InChI is InChI=1S/C17H17ClN2O3S/c18-11-8-10(9-13-15(11)23-7-3-6-22-13)16(21)20-17-19-12-4-1-2-5-14(12)24-17/h8-9H,1-7H2,(H,19,20,21). The van der Waals surface area contributed by atoms with Crippen molar-refractivity contribution < 1.29 is 14.3 Å². The van der Waals surface area contributed by atoms with E-state index >= 15 is 0 Å². The van der Waals surface area contributed by atoms with Crippen molar-refractivity contribution in [2.24, 2.45) is 0 Å². The number of benzene rings is 1. The Labute approximate surface area is 148 Å². The van der Waals surface area contributed by atoms with Crippen LogP contribution in [-0.2, 0) is 12.8 Å². The number of anilines is 1. The van der Waals surface area contributed by atoms with Crippen molar-refractivity contribution in [3.05, 3.63) is 33.3 Å². The Morgan fingerprint density at radius 3 is 2.88 bits per heavy atom. The second-order valence-electron chi connectivity index (χ2n) is 5.89. The van der Waals surface area contributed by atoms with Gasteiger partial charge in [0, 0.05) is 16.9 Å². The second-order valence-corrected chi connectivity index (χ2v) is 7.38. The fourth-order valence-electron chi connectivity index (χ4n) is 2.94. The summed E-state index contributed by atoms with van der Waals surface area (Å²) in [4.78, 5) is 18.4. The third-order valence-corrected chi connectivity index (χ3v) is 5.48. The van der Waals surface area contributed by atoms with Gasteiger partial charge in [0.15, 0.2) is 16.6 Å². The molecule has 0 radical (unpaired) electrons. The lowest BCUT2D eigenvalue weighted by Gasteiger charge is -2.11. The van der Waals surface area contributed by atoms with Crippen molar-refractivity contribution in [2.45, 2.75) is 32.1 Å². The van der Waals surface area contributed by atoms with E-state index in [9.17, 15) is 4.79 Å². The maximum Gasteiger partial charge on any atom is 0.257 e. The van der Waals surface area contributed by atoms with E-state index in [1.807, 2.05) is 0 Å². The lowest BCUT2D eigenvalue weighted by Crippen LogP contribution is -2.12. The van der Waals surface area contributed by atoms with Crippen molar-refractivity contribution in [1.29, 1.82) is 0 Å². The molecule has 1 N–H and O–H groups in total. The predicted octanol–water partition coefficient (Wildman–Crippen LogP) is 4.09. The molecule has 0 saturated carbocycles. The second kappa shape index (κ2) is 6.61. The van der Waals surface area contributed by atoms with E-state index < -0.39 is 0 Å². The minimum atomic E-state index is -0.237. The molecule has 1 aliphatic carbocycles. The van der Waals surface area contributed by atoms with Crippen LogP contribution in [-0.4, -0.2) is 24.1 Å². The molecule has 0 unspecified atom stereocenters. The zero-order chi connectivity index (χ0) is 16.5. The van der Waals surface area contributed by atoms with Gasteiger partial charge in [-0.25, -0.2) is 4.98 Å². The fourth-order valence-corrected chi connectivity index (χ4v) is 4.25. The van der Waals surface area contributed by atoms with Gasteiger partial charge in [-0.15, -0.1) is 11.3 Å². The van der Waals surface area contributed by atoms with Crippen LogP contribution in [0.5, 0.6) is 11.5 Å². The number of fused-ring (bicyclic) bond motifs is 2. The number of hydrogen-bond donors (Lipinski definition) is 1. The number of ether oxygens (including phenoxy) is 2. The number of nitrogens with one attached hydrogen (secondary N) is 1. The van der Waals surface area contributed by atoms with Crippen molar-refractivity contribution >= 4 is 34.0 Å². The van der Waals surface area contributed by atoms with Crippen molar-refractivity contribution in [1.82, 2.24) is 4.98 Å². The highest BCUT2D eigenvalue weighted by atomic mass is 35.5. The number of aryl methyl sites for hydroxylation is 2. The summed E-state index contributed by atoms with van der Waals surface area (Å²) in [6.45, 7) is 1.11. The molecule has 0 saturated heterocycles. The molecule has 0 spiro atoms.